The van der Waals surface area contributed by atoms with Gasteiger partial charge in [0.05, 0.1) is 44.7 Å². The van der Waals surface area contributed by atoms with E-state index in [0.717, 1.165) is 11.4 Å². The van der Waals surface area contributed by atoms with Crippen molar-refractivity contribution in [2.45, 2.75) is 13.8 Å². The highest BCUT2D eigenvalue weighted by atomic mass is 16.4. The maximum Gasteiger partial charge on any atom is 0.233 e. The molecule has 4 heterocycles. The number of para-hydroxylation sites is 2. The average molecular weight is 448 g/mol. The highest BCUT2D eigenvalue weighted by molar-refractivity contribution is 6.33. The Kier molecular flexibility index (Phi) is 3.55. The lowest BCUT2D eigenvalue weighted by molar-refractivity contribution is 0.0947. The van der Waals surface area contributed by atoms with Crippen molar-refractivity contribution in [2.75, 3.05) is 0 Å². The first-order valence-corrected chi connectivity index (χ1v) is 10.8. The molecule has 1 aliphatic rings. The molecule has 0 bridgehead atoms. The van der Waals surface area contributed by atoms with Gasteiger partial charge in [0.1, 0.15) is 0 Å². The molecule has 164 valence electrons. The third-order valence-corrected chi connectivity index (χ3v) is 6.26. The third kappa shape index (κ3) is 2.26. The molecule has 0 saturated carbocycles. The van der Waals surface area contributed by atoms with Gasteiger partial charge >= 0.3 is 0 Å². The lowest BCUT2D eigenvalue weighted by atomic mass is 9.91. The molecule has 0 amide bonds. The predicted octanol–water partition coefficient (Wildman–Crippen LogP) is 4.94. The number of carbonyl (C=O) groups is 2. The summed E-state index contributed by atoms with van der Waals surface area (Å²) in [5, 5.41) is 10.2. The van der Waals surface area contributed by atoms with E-state index in [1.54, 1.807) is 23.2 Å². The Morgan fingerprint density at radius 3 is 1.38 bits per heavy atom. The largest absolute Gasteiger partial charge is 0.433 e. The quantitative estimate of drug-likeness (QED) is 0.372. The number of hydrogen-bond acceptors (Lipinski definition) is 6. The van der Waals surface area contributed by atoms with Crippen LogP contribution in [-0.2, 0) is 0 Å². The normalized spacial score (nSPS) is 13.1. The first-order valence-electron chi connectivity index (χ1n) is 10.8. The maximum atomic E-state index is 13.7. The molecule has 0 aliphatic heterocycles. The molecule has 8 heteroatoms. The molecule has 1 aliphatic carbocycles. The highest BCUT2D eigenvalue weighted by Gasteiger charge is 2.42. The van der Waals surface area contributed by atoms with Crippen LogP contribution in [0, 0.1) is 13.8 Å². The van der Waals surface area contributed by atoms with Crippen LogP contribution in [0.15, 0.2) is 69.5 Å². The zero-order chi connectivity index (χ0) is 23.1. The van der Waals surface area contributed by atoms with Crippen molar-refractivity contribution < 1.29 is 18.4 Å². The van der Waals surface area contributed by atoms with E-state index in [9.17, 15) is 9.59 Å². The van der Waals surface area contributed by atoms with Crippen molar-refractivity contribution in [1.82, 2.24) is 19.6 Å². The standard InChI is InChI=1S/C26H16N4O4/c1-13-17-19-21(31)24-20(18-14(2)28-30(26(18)34-24)16-11-7-4-8-12-16)22(32)23(19)33-25(17)29(27-13)15-9-5-3-6-10-15/h3-12H,1-2H3. The Bertz CT molecular complexity index is 1670. The van der Waals surface area contributed by atoms with Crippen LogP contribution in [0.1, 0.15) is 43.6 Å². The van der Waals surface area contributed by atoms with Gasteiger partial charge in [-0.1, -0.05) is 36.4 Å². The van der Waals surface area contributed by atoms with E-state index in [1.807, 2.05) is 60.7 Å². The van der Waals surface area contributed by atoms with Gasteiger partial charge in [0.25, 0.3) is 0 Å². The van der Waals surface area contributed by atoms with E-state index in [4.69, 9.17) is 8.83 Å². The number of aryl methyl sites for hydroxylation is 2. The first kappa shape index (κ1) is 18.8. The lowest BCUT2D eigenvalue weighted by Gasteiger charge is -2.08. The molecule has 0 saturated heterocycles. The second-order valence-electron chi connectivity index (χ2n) is 8.30. The van der Waals surface area contributed by atoms with E-state index >= 15 is 0 Å². The van der Waals surface area contributed by atoms with Crippen LogP contribution in [0.2, 0.25) is 0 Å². The van der Waals surface area contributed by atoms with Crippen LogP contribution in [0.3, 0.4) is 0 Å². The van der Waals surface area contributed by atoms with Crippen LogP contribution in [-0.4, -0.2) is 31.1 Å². The fourth-order valence-corrected chi connectivity index (χ4v) is 4.77. The van der Waals surface area contributed by atoms with E-state index in [0.29, 0.717) is 33.6 Å². The van der Waals surface area contributed by atoms with Crippen molar-refractivity contribution in [3.8, 4) is 11.4 Å². The average Bonchev–Trinajstić information content (AvgIpc) is 3.59. The Morgan fingerprint density at radius 2 is 1.00 bits per heavy atom. The SMILES string of the molecule is Cc1nn(-c2ccccc2)c2oc3c(c12)C(=O)c1oc2c(c(C)nn2-c2ccccc2)c1C3=O. The summed E-state index contributed by atoms with van der Waals surface area (Å²) in [6.45, 7) is 3.59. The van der Waals surface area contributed by atoms with Crippen molar-refractivity contribution in [3.63, 3.8) is 0 Å². The molecule has 0 radical (unpaired) electrons. The molecule has 0 fully saturated rings. The predicted molar refractivity (Wildman–Crippen MR) is 123 cm³/mol. The number of furan rings is 2. The summed E-state index contributed by atoms with van der Waals surface area (Å²) in [6, 6.07) is 18.9. The summed E-state index contributed by atoms with van der Waals surface area (Å²) in [5.74, 6) is -0.775. The molecule has 0 spiro atoms. The third-order valence-electron chi connectivity index (χ3n) is 6.26. The smallest absolute Gasteiger partial charge is 0.233 e. The molecular formula is C26H16N4O4. The van der Waals surface area contributed by atoms with Gasteiger partial charge in [-0.05, 0) is 38.1 Å². The van der Waals surface area contributed by atoms with Gasteiger partial charge in [-0.25, -0.2) is 0 Å². The summed E-state index contributed by atoms with van der Waals surface area (Å²) in [6.07, 6.45) is 0. The summed E-state index contributed by atoms with van der Waals surface area (Å²) >= 11 is 0. The number of carbonyl (C=O) groups excluding carboxylic acids is 2. The molecule has 34 heavy (non-hydrogen) atoms. The molecule has 2 aromatic carbocycles. The van der Waals surface area contributed by atoms with Gasteiger partial charge in [0.2, 0.25) is 23.0 Å². The first-order chi connectivity index (χ1) is 16.5. The summed E-state index contributed by atoms with van der Waals surface area (Å²) in [7, 11) is 0. The molecule has 7 rings (SSSR count). The number of benzene rings is 2. The van der Waals surface area contributed by atoms with E-state index in [1.165, 1.54) is 0 Å². The fraction of sp³-hybridized carbons (Fsp3) is 0.0769. The van der Waals surface area contributed by atoms with Gasteiger partial charge < -0.3 is 8.83 Å². The number of nitrogens with zero attached hydrogens (tertiary/aromatic N) is 4. The maximum absolute atomic E-state index is 13.7. The molecule has 0 unspecified atom stereocenters. The van der Waals surface area contributed by atoms with Crippen molar-refractivity contribution in [1.29, 1.82) is 0 Å². The van der Waals surface area contributed by atoms with Crippen LogP contribution in [0.4, 0.5) is 0 Å². The molecule has 8 nitrogen and oxygen atoms in total. The topological polar surface area (TPSA) is 96.1 Å². The molecular weight excluding hydrogens is 432 g/mol. The minimum atomic E-state index is -0.394. The number of hydrogen-bond donors (Lipinski definition) is 0. The van der Waals surface area contributed by atoms with Crippen molar-refractivity contribution >= 4 is 33.8 Å². The van der Waals surface area contributed by atoms with Crippen molar-refractivity contribution in [3.05, 3.63) is 94.7 Å². The van der Waals surface area contributed by atoms with Crippen LogP contribution in [0.25, 0.3) is 33.6 Å². The lowest BCUT2D eigenvalue weighted by Crippen LogP contribution is -2.18. The Morgan fingerprint density at radius 1 is 0.618 bits per heavy atom. The zero-order valence-electron chi connectivity index (χ0n) is 18.2. The Balaban J connectivity index is 1.49. The van der Waals surface area contributed by atoms with Gasteiger partial charge in [0.15, 0.2) is 11.5 Å². The number of fused-ring (bicyclic) bond motifs is 6. The minimum absolute atomic E-state index is 0.00671. The molecule has 0 N–H and O–H groups in total. The molecule has 4 aromatic heterocycles. The van der Waals surface area contributed by atoms with E-state index < -0.39 is 11.6 Å². The highest BCUT2D eigenvalue weighted by Crippen LogP contribution is 2.41. The van der Waals surface area contributed by atoms with Gasteiger partial charge in [-0.15, -0.1) is 0 Å². The Labute approximate surface area is 192 Å². The number of aromatic nitrogens is 4. The fourth-order valence-electron chi connectivity index (χ4n) is 4.77. The monoisotopic (exact) mass is 448 g/mol. The van der Waals surface area contributed by atoms with E-state index in [2.05, 4.69) is 10.2 Å². The van der Waals surface area contributed by atoms with Gasteiger partial charge in [0, 0.05) is 0 Å². The Hall–Kier alpha value is -4.72. The summed E-state index contributed by atoms with van der Waals surface area (Å²) < 4.78 is 15.3. The van der Waals surface area contributed by atoms with Crippen LogP contribution < -0.4 is 0 Å². The minimum Gasteiger partial charge on any atom is -0.433 e. The van der Waals surface area contributed by atoms with Crippen molar-refractivity contribution in [2.24, 2.45) is 0 Å². The second-order valence-corrected chi connectivity index (χ2v) is 8.30. The van der Waals surface area contributed by atoms with Gasteiger partial charge in [-0.3, -0.25) is 9.59 Å². The molecule has 0 atom stereocenters. The second kappa shape index (κ2) is 6.41. The molecule has 6 aromatic rings. The number of rotatable bonds is 2. The van der Waals surface area contributed by atoms with Crippen LogP contribution >= 0.6 is 0 Å². The zero-order valence-corrected chi connectivity index (χ0v) is 18.2. The van der Waals surface area contributed by atoms with Gasteiger partial charge in [-0.2, -0.15) is 19.6 Å². The summed E-state index contributed by atoms with van der Waals surface area (Å²) in [5.41, 5.74) is 3.83. The number of ketones is 2. The summed E-state index contributed by atoms with van der Waals surface area (Å²) in [4.78, 5) is 27.4. The van der Waals surface area contributed by atoms with Crippen LogP contribution in [0.5, 0.6) is 0 Å². The van der Waals surface area contributed by atoms with E-state index in [-0.39, 0.29) is 22.6 Å².